The number of hydrogen-bond acceptors (Lipinski definition) is 6. The molecule has 4 fully saturated rings. The molecule has 1 saturated carbocycles. The number of fused-ring (bicyclic) bond motifs is 1. The lowest BCUT2D eigenvalue weighted by atomic mass is 9.83. The molecule has 4 aliphatic rings. The van der Waals surface area contributed by atoms with Gasteiger partial charge in [-0.05, 0) is 31.6 Å². The summed E-state index contributed by atoms with van der Waals surface area (Å²) in [6, 6.07) is 0.0958. The number of alkyl halides is 1. The van der Waals surface area contributed by atoms with E-state index < -0.39 is 0 Å². The molecule has 25 heavy (non-hydrogen) atoms. The van der Waals surface area contributed by atoms with Crippen LogP contribution in [0.25, 0.3) is 0 Å². The van der Waals surface area contributed by atoms with Crippen LogP contribution in [0.1, 0.15) is 32.1 Å². The van der Waals surface area contributed by atoms with Gasteiger partial charge < -0.3 is 9.80 Å². The van der Waals surface area contributed by atoms with Crippen molar-refractivity contribution in [2.75, 3.05) is 32.7 Å². The number of nitriles is 1. The Hall–Kier alpha value is -1.07. The molecule has 1 amide bonds. The molecule has 2 unspecified atom stereocenters. The van der Waals surface area contributed by atoms with Crippen LogP contribution in [0.2, 0.25) is 0 Å². The van der Waals surface area contributed by atoms with Crippen molar-refractivity contribution in [2.24, 2.45) is 5.92 Å². The molecule has 3 atom stereocenters. The Morgan fingerprint density at radius 2 is 1.92 bits per heavy atom. The van der Waals surface area contributed by atoms with Gasteiger partial charge in [0.25, 0.3) is 0 Å². The number of carbonyl (C=O) groups excluding carboxylic acids is 1. The number of halogens is 1. The molecule has 0 bridgehead atoms. The minimum Gasteiger partial charge on any atom is -0.312 e. The monoisotopic (exact) mass is 367 g/mol. The SMILES string of the molecule is N#CN1CCN2CCN(C3CC(C4CCC(Cl)CC4)NO3)C(=O)[C@H]2C1. The number of hydrogen-bond donors (Lipinski definition) is 1. The second kappa shape index (κ2) is 7.28. The van der Waals surface area contributed by atoms with E-state index in [0.29, 0.717) is 37.0 Å². The normalized spacial score (nSPS) is 40.0. The largest absolute Gasteiger partial charge is 0.312 e. The van der Waals surface area contributed by atoms with Gasteiger partial charge in [-0.1, -0.05) is 0 Å². The van der Waals surface area contributed by atoms with Crippen molar-refractivity contribution in [3.05, 3.63) is 0 Å². The third-order valence-corrected chi connectivity index (χ3v) is 6.69. The van der Waals surface area contributed by atoms with Crippen molar-refractivity contribution in [1.82, 2.24) is 20.2 Å². The molecule has 0 aromatic rings. The summed E-state index contributed by atoms with van der Waals surface area (Å²) in [5, 5.41) is 9.45. The van der Waals surface area contributed by atoms with E-state index in [4.69, 9.17) is 21.7 Å². The fraction of sp³-hybridized carbons (Fsp3) is 0.882. The van der Waals surface area contributed by atoms with Gasteiger partial charge in [0.1, 0.15) is 6.04 Å². The number of rotatable bonds is 2. The molecule has 3 saturated heterocycles. The van der Waals surface area contributed by atoms with Crippen molar-refractivity contribution in [3.63, 3.8) is 0 Å². The molecule has 1 aliphatic carbocycles. The van der Waals surface area contributed by atoms with Crippen LogP contribution >= 0.6 is 11.6 Å². The second-order valence-electron chi connectivity index (χ2n) is 7.67. The second-order valence-corrected chi connectivity index (χ2v) is 8.29. The van der Waals surface area contributed by atoms with Gasteiger partial charge in [-0.2, -0.15) is 10.7 Å². The van der Waals surface area contributed by atoms with Gasteiger partial charge in [-0.15, -0.1) is 11.6 Å². The van der Waals surface area contributed by atoms with E-state index >= 15 is 0 Å². The van der Waals surface area contributed by atoms with Crippen molar-refractivity contribution in [3.8, 4) is 6.19 Å². The Morgan fingerprint density at radius 3 is 2.68 bits per heavy atom. The highest BCUT2D eigenvalue weighted by molar-refractivity contribution is 6.20. The fourth-order valence-corrected chi connectivity index (χ4v) is 4.93. The Morgan fingerprint density at radius 1 is 1.16 bits per heavy atom. The third kappa shape index (κ3) is 3.45. The summed E-state index contributed by atoms with van der Waals surface area (Å²) < 4.78 is 0. The van der Waals surface area contributed by atoms with Crippen molar-refractivity contribution >= 4 is 17.5 Å². The summed E-state index contributed by atoms with van der Waals surface area (Å²) in [5.41, 5.74) is 3.19. The molecule has 0 aromatic carbocycles. The van der Waals surface area contributed by atoms with Crippen molar-refractivity contribution in [1.29, 1.82) is 5.26 Å². The molecule has 3 heterocycles. The first-order valence-corrected chi connectivity index (χ1v) is 9.84. The lowest BCUT2D eigenvalue weighted by Crippen LogP contribution is -2.65. The number of nitrogens with zero attached hydrogens (tertiary/aromatic N) is 4. The molecule has 8 heteroatoms. The van der Waals surface area contributed by atoms with Gasteiger partial charge in [0.05, 0.1) is 6.54 Å². The van der Waals surface area contributed by atoms with E-state index in [1.165, 1.54) is 0 Å². The van der Waals surface area contributed by atoms with Crippen LogP contribution in [0.4, 0.5) is 0 Å². The molecule has 1 N–H and O–H groups in total. The first kappa shape index (κ1) is 17.3. The van der Waals surface area contributed by atoms with Gasteiger partial charge in [0, 0.05) is 44.0 Å². The van der Waals surface area contributed by atoms with Gasteiger partial charge in [0.15, 0.2) is 12.4 Å². The molecule has 7 nitrogen and oxygen atoms in total. The molecule has 4 rings (SSSR count). The highest BCUT2D eigenvalue weighted by atomic mass is 35.5. The Bertz CT molecular complexity index is 548. The summed E-state index contributed by atoms with van der Waals surface area (Å²) in [5.74, 6) is 0.684. The van der Waals surface area contributed by atoms with Crippen molar-refractivity contribution < 1.29 is 9.63 Å². The fourth-order valence-electron chi connectivity index (χ4n) is 4.68. The Balaban J connectivity index is 1.36. The number of amides is 1. The summed E-state index contributed by atoms with van der Waals surface area (Å²) in [7, 11) is 0. The molecule has 3 aliphatic heterocycles. The number of carbonyl (C=O) groups is 1. The number of piperazine rings is 2. The van der Waals surface area contributed by atoms with Gasteiger partial charge >= 0.3 is 0 Å². The predicted octanol–water partition coefficient (Wildman–Crippen LogP) is 0.713. The van der Waals surface area contributed by atoms with E-state index in [-0.39, 0.29) is 18.2 Å². The van der Waals surface area contributed by atoms with Gasteiger partial charge in [0.2, 0.25) is 5.91 Å². The average molecular weight is 368 g/mol. The minimum atomic E-state index is -0.212. The highest BCUT2D eigenvalue weighted by Gasteiger charge is 2.44. The molecular weight excluding hydrogens is 342 g/mol. The Kier molecular flexibility index (Phi) is 5.05. The summed E-state index contributed by atoms with van der Waals surface area (Å²) in [4.78, 5) is 24.5. The molecule has 0 aromatic heterocycles. The van der Waals surface area contributed by atoms with E-state index in [9.17, 15) is 4.79 Å². The van der Waals surface area contributed by atoms with E-state index in [2.05, 4.69) is 16.6 Å². The van der Waals surface area contributed by atoms with Crippen LogP contribution in [-0.4, -0.2) is 77.0 Å². The molecule has 0 radical (unpaired) electrons. The summed E-state index contributed by atoms with van der Waals surface area (Å²) >= 11 is 6.21. The van der Waals surface area contributed by atoms with Gasteiger partial charge in [-0.25, -0.2) is 0 Å². The molecular formula is C17H26ClN5O2. The maximum atomic E-state index is 13.0. The standard InChI is InChI=1S/C17H26ClN5O2/c18-13-3-1-12(2-4-13)14-9-16(25-20-14)23-8-7-22-6-5-21(11-19)10-15(22)17(23)24/h12-16,20H,1-10H2/t12?,13?,14?,15-,16?/m1/s1. The minimum absolute atomic E-state index is 0.100. The van der Waals surface area contributed by atoms with Crippen molar-refractivity contribution in [2.45, 2.75) is 55.8 Å². The Labute approximate surface area is 153 Å². The summed E-state index contributed by atoms with van der Waals surface area (Å²) in [6.07, 6.45) is 7.23. The van der Waals surface area contributed by atoms with E-state index in [1.54, 1.807) is 4.90 Å². The maximum Gasteiger partial charge on any atom is 0.243 e. The quantitative estimate of drug-likeness (QED) is 0.572. The number of nitrogens with one attached hydrogen (secondary N) is 1. The zero-order valence-corrected chi connectivity index (χ0v) is 15.2. The van der Waals surface area contributed by atoms with Crippen LogP contribution in [0, 0.1) is 17.4 Å². The lowest BCUT2D eigenvalue weighted by molar-refractivity contribution is -0.161. The van der Waals surface area contributed by atoms with Gasteiger partial charge in [-0.3, -0.25) is 14.5 Å². The van der Waals surface area contributed by atoms with Crippen LogP contribution in [-0.2, 0) is 9.63 Å². The third-order valence-electron chi connectivity index (χ3n) is 6.26. The van der Waals surface area contributed by atoms with Crippen LogP contribution in [0.3, 0.4) is 0 Å². The maximum absolute atomic E-state index is 13.0. The predicted molar refractivity (Wildman–Crippen MR) is 92.3 cm³/mol. The smallest absolute Gasteiger partial charge is 0.243 e. The highest BCUT2D eigenvalue weighted by Crippen LogP contribution is 2.34. The first-order valence-electron chi connectivity index (χ1n) is 9.40. The van der Waals surface area contributed by atoms with Crippen LogP contribution in [0.5, 0.6) is 0 Å². The number of hydroxylamine groups is 1. The average Bonchev–Trinajstić information content (AvgIpc) is 3.12. The van der Waals surface area contributed by atoms with Crippen LogP contribution in [0.15, 0.2) is 0 Å². The van der Waals surface area contributed by atoms with E-state index in [1.807, 2.05) is 4.90 Å². The first-order chi connectivity index (χ1) is 12.2. The topological polar surface area (TPSA) is 71.8 Å². The van der Waals surface area contributed by atoms with Crippen LogP contribution < -0.4 is 5.48 Å². The molecule has 0 spiro atoms. The zero-order valence-electron chi connectivity index (χ0n) is 14.4. The zero-order chi connectivity index (χ0) is 17.4. The molecule has 138 valence electrons. The lowest BCUT2D eigenvalue weighted by Gasteiger charge is -2.46. The van der Waals surface area contributed by atoms with E-state index in [0.717, 1.165) is 45.2 Å². The summed E-state index contributed by atoms with van der Waals surface area (Å²) in [6.45, 7) is 3.56.